The van der Waals surface area contributed by atoms with Crippen LogP contribution in [0.2, 0.25) is 0 Å². The third kappa shape index (κ3) is 58.2. The third-order valence-corrected chi connectivity index (χ3v) is 18.1. The standard InChI is InChI=1S/C82H147NO8/c1-3-5-7-9-11-13-15-17-19-21-23-25-27-29-31-33-35-37-38-40-42-44-46-48-50-52-54-56-58-60-62-64-66-68-70-72-78(86)83-75(74-90-82-81(89)80(88)79(87)77(73-84)91-82)76(85)71-69-67-65-63-61-59-57-55-53-51-49-47-45-43-41-39-36-34-32-30-28-26-24-22-20-18-16-14-12-10-8-6-4-2/h5,7,11,13,17,19,23,25,29,31,53,55,61,63,69,71,75-77,79-82,84-85,87-89H,3-4,6,8-10,12,14-16,18,20-22,24,26-28,30,32-52,54,56-60,62,64-68,70,72-74H2,1-2H3,(H,83,86)/b7-5-,13-11-,19-17-,25-23-,31-29-,55-53+,63-61+,71-69+. The van der Waals surface area contributed by atoms with Crippen LogP contribution in [0.5, 0.6) is 0 Å². The molecule has 0 spiro atoms. The van der Waals surface area contributed by atoms with Crippen LogP contribution in [0.15, 0.2) is 97.2 Å². The molecule has 7 unspecified atom stereocenters. The van der Waals surface area contributed by atoms with Gasteiger partial charge in [0, 0.05) is 6.42 Å². The van der Waals surface area contributed by atoms with Crippen LogP contribution in [0.25, 0.3) is 0 Å². The number of aliphatic hydroxyl groups is 5. The number of rotatable bonds is 68. The summed E-state index contributed by atoms with van der Waals surface area (Å²) in [7, 11) is 0. The number of carbonyl (C=O) groups is 1. The zero-order valence-corrected chi connectivity index (χ0v) is 59.3. The van der Waals surface area contributed by atoms with E-state index >= 15 is 0 Å². The van der Waals surface area contributed by atoms with E-state index < -0.39 is 49.5 Å². The number of allylic oxidation sites excluding steroid dienone is 15. The van der Waals surface area contributed by atoms with E-state index in [4.69, 9.17) is 9.47 Å². The fourth-order valence-corrected chi connectivity index (χ4v) is 12.1. The second-order valence-corrected chi connectivity index (χ2v) is 26.8. The van der Waals surface area contributed by atoms with Crippen LogP contribution < -0.4 is 5.32 Å². The summed E-state index contributed by atoms with van der Waals surface area (Å²) in [5, 5.41) is 54.8. The number of hydrogen-bond acceptors (Lipinski definition) is 8. The largest absolute Gasteiger partial charge is 0.394 e. The highest BCUT2D eigenvalue weighted by Crippen LogP contribution is 2.23. The molecule has 6 N–H and O–H groups in total. The number of unbranched alkanes of at least 4 members (excludes halogenated alkanes) is 44. The first-order chi connectivity index (χ1) is 44.8. The Labute approximate surface area is 562 Å². The lowest BCUT2D eigenvalue weighted by atomic mass is 9.99. The van der Waals surface area contributed by atoms with Gasteiger partial charge >= 0.3 is 0 Å². The molecular formula is C82H147NO8. The van der Waals surface area contributed by atoms with Crippen molar-refractivity contribution in [3.05, 3.63) is 97.2 Å². The van der Waals surface area contributed by atoms with Gasteiger partial charge in [-0.1, -0.05) is 361 Å². The lowest BCUT2D eigenvalue weighted by molar-refractivity contribution is -0.302. The molecule has 1 saturated heterocycles. The molecule has 0 aromatic carbocycles. The first kappa shape index (κ1) is 86.1. The smallest absolute Gasteiger partial charge is 0.220 e. The molecular weight excluding hydrogens is 1130 g/mol. The maximum absolute atomic E-state index is 13.2. The summed E-state index contributed by atoms with van der Waals surface area (Å²) in [5.74, 6) is -0.188. The molecule has 0 aromatic heterocycles. The van der Waals surface area contributed by atoms with Crippen molar-refractivity contribution in [1.29, 1.82) is 0 Å². The van der Waals surface area contributed by atoms with E-state index in [9.17, 15) is 30.3 Å². The van der Waals surface area contributed by atoms with Gasteiger partial charge in [-0.15, -0.1) is 0 Å². The Morgan fingerprint density at radius 2 is 0.692 bits per heavy atom. The van der Waals surface area contributed by atoms with Gasteiger partial charge in [-0.05, 0) is 89.9 Å². The van der Waals surface area contributed by atoms with Crippen molar-refractivity contribution >= 4 is 5.91 Å². The zero-order chi connectivity index (χ0) is 65.7. The van der Waals surface area contributed by atoms with Gasteiger partial charge in [-0.25, -0.2) is 0 Å². The summed E-state index contributed by atoms with van der Waals surface area (Å²) in [5.41, 5.74) is 0. The summed E-state index contributed by atoms with van der Waals surface area (Å²) in [6, 6.07) is -0.834. The third-order valence-electron chi connectivity index (χ3n) is 18.1. The fourth-order valence-electron chi connectivity index (χ4n) is 12.1. The summed E-state index contributed by atoms with van der Waals surface area (Å²) in [4.78, 5) is 13.2. The number of nitrogens with one attached hydrogen (secondary N) is 1. The molecule has 9 nitrogen and oxygen atoms in total. The van der Waals surface area contributed by atoms with Gasteiger partial charge in [0.25, 0.3) is 0 Å². The summed E-state index contributed by atoms with van der Waals surface area (Å²) in [6.45, 7) is 3.69. The number of aliphatic hydroxyl groups excluding tert-OH is 5. The highest BCUT2D eigenvalue weighted by Gasteiger charge is 2.44. The van der Waals surface area contributed by atoms with Gasteiger partial charge in [0.2, 0.25) is 5.91 Å². The summed E-state index contributed by atoms with van der Waals surface area (Å²) in [6.07, 6.45) is 95.5. The minimum absolute atomic E-state index is 0.188. The molecule has 1 heterocycles. The number of hydrogen-bond donors (Lipinski definition) is 6. The van der Waals surface area contributed by atoms with Gasteiger partial charge in [0.05, 0.1) is 25.4 Å². The van der Waals surface area contributed by atoms with E-state index in [-0.39, 0.29) is 12.5 Å². The first-order valence-electron chi connectivity index (χ1n) is 39.0. The Balaban J connectivity index is 2.11. The molecule has 9 heteroatoms. The highest BCUT2D eigenvalue weighted by atomic mass is 16.7. The van der Waals surface area contributed by atoms with Crippen molar-refractivity contribution in [2.45, 2.75) is 403 Å². The van der Waals surface area contributed by atoms with E-state index in [2.05, 4.69) is 104 Å². The number of amides is 1. The lowest BCUT2D eigenvalue weighted by Gasteiger charge is -2.40. The summed E-state index contributed by atoms with van der Waals surface area (Å²) < 4.78 is 11.3. The average Bonchev–Trinajstić information content (AvgIpc) is 1.58. The molecule has 1 aliphatic rings. The van der Waals surface area contributed by atoms with Gasteiger partial charge in [-0.2, -0.15) is 0 Å². The molecule has 7 atom stereocenters. The predicted octanol–water partition coefficient (Wildman–Crippen LogP) is 22.2. The Bertz CT molecular complexity index is 1770. The normalized spacial score (nSPS) is 18.3. The minimum Gasteiger partial charge on any atom is -0.394 e. The zero-order valence-electron chi connectivity index (χ0n) is 59.3. The second-order valence-electron chi connectivity index (χ2n) is 26.8. The van der Waals surface area contributed by atoms with Gasteiger partial charge in [0.1, 0.15) is 24.4 Å². The van der Waals surface area contributed by atoms with Gasteiger partial charge in [0.15, 0.2) is 6.29 Å². The molecule has 1 rings (SSSR count). The van der Waals surface area contributed by atoms with Crippen LogP contribution in [0.1, 0.15) is 361 Å². The molecule has 1 amide bonds. The molecule has 0 radical (unpaired) electrons. The molecule has 528 valence electrons. The molecule has 1 fully saturated rings. The number of ether oxygens (including phenoxy) is 2. The van der Waals surface area contributed by atoms with Crippen molar-refractivity contribution in [3.8, 4) is 0 Å². The SMILES string of the molecule is CC/C=C\C/C=C\C/C=C\C/C=C\C/C=C\CCCCCCCCCCCCCCCCCCCCCC(=O)NC(COC1OC(CO)C(O)C(O)C1O)C(O)/C=C/CC/C=C/CC/C=C/CCCCCCCCCCCCCCCCCCCCCCCCC. The highest BCUT2D eigenvalue weighted by molar-refractivity contribution is 5.76. The van der Waals surface area contributed by atoms with E-state index in [0.29, 0.717) is 6.42 Å². The van der Waals surface area contributed by atoms with Crippen molar-refractivity contribution < 1.29 is 39.8 Å². The molecule has 0 saturated carbocycles. The van der Waals surface area contributed by atoms with Crippen molar-refractivity contribution in [2.75, 3.05) is 13.2 Å². The molecule has 1 aliphatic heterocycles. The van der Waals surface area contributed by atoms with Crippen LogP contribution in [0, 0.1) is 0 Å². The van der Waals surface area contributed by atoms with Crippen LogP contribution in [0.4, 0.5) is 0 Å². The maximum Gasteiger partial charge on any atom is 0.220 e. The Morgan fingerprint density at radius 3 is 1.05 bits per heavy atom. The van der Waals surface area contributed by atoms with Crippen LogP contribution in [-0.2, 0) is 14.3 Å². The van der Waals surface area contributed by atoms with Crippen molar-refractivity contribution in [3.63, 3.8) is 0 Å². The monoisotopic (exact) mass is 1270 g/mol. The van der Waals surface area contributed by atoms with Gasteiger partial charge in [-0.3, -0.25) is 4.79 Å². The van der Waals surface area contributed by atoms with Gasteiger partial charge < -0.3 is 40.3 Å². The molecule has 0 aliphatic carbocycles. The molecule has 0 aromatic rings. The quantitative estimate of drug-likeness (QED) is 0.0261. The number of carbonyl (C=O) groups excluding carboxylic acids is 1. The Kier molecular flexibility index (Phi) is 66.2. The fraction of sp³-hybridized carbons (Fsp3) is 0.793. The topological polar surface area (TPSA) is 149 Å². The van der Waals surface area contributed by atoms with Crippen molar-refractivity contribution in [2.24, 2.45) is 0 Å². The first-order valence-corrected chi connectivity index (χ1v) is 39.0. The minimum atomic E-state index is -1.58. The van der Waals surface area contributed by atoms with E-state index in [1.54, 1.807) is 6.08 Å². The van der Waals surface area contributed by atoms with Crippen LogP contribution in [-0.4, -0.2) is 87.5 Å². The van der Waals surface area contributed by atoms with Crippen molar-refractivity contribution in [1.82, 2.24) is 5.32 Å². The molecule has 0 bridgehead atoms. The second kappa shape index (κ2) is 69.9. The Morgan fingerprint density at radius 1 is 0.385 bits per heavy atom. The average molecular weight is 1280 g/mol. The molecule has 91 heavy (non-hydrogen) atoms. The maximum atomic E-state index is 13.2. The summed E-state index contributed by atoms with van der Waals surface area (Å²) >= 11 is 0. The van der Waals surface area contributed by atoms with E-state index in [0.717, 1.165) is 77.0 Å². The van der Waals surface area contributed by atoms with Crippen LogP contribution in [0.3, 0.4) is 0 Å². The van der Waals surface area contributed by atoms with Crippen LogP contribution >= 0.6 is 0 Å². The van der Waals surface area contributed by atoms with E-state index in [1.165, 1.54) is 263 Å². The Hall–Kier alpha value is -2.89. The predicted molar refractivity (Wildman–Crippen MR) is 391 cm³/mol. The van der Waals surface area contributed by atoms with E-state index in [1.807, 2.05) is 6.08 Å². The lowest BCUT2D eigenvalue weighted by Crippen LogP contribution is -2.60.